The third-order valence-electron chi connectivity index (χ3n) is 5.48. The van der Waals surface area contributed by atoms with Gasteiger partial charge in [0.25, 0.3) is 5.89 Å². The van der Waals surface area contributed by atoms with Crippen molar-refractivity contribution < 1.29 is 9.26 Å². The van der Waals surface area contributed by atoms with Crippen LogP contribution in [0.5, 0.6) is 5.75 Å². The number of aromatic nitrogens is 4. The molecule has 0 saturated carbocycles. The molecule has 2 heterocycles. The van der Waals surface area contributed by atoms with E-state index in [9.17, 15) is 0 Å². The third-order valence-corrected chi connectivity index (χ3v) is 5.48. The average molecular weight is 384 g/mol. The maximum Gasteiger partial charge on any atom is 0.279 e. The highest BCUT2D eigenvalue weighted by molar-refractivity contribution is 5.73. The fourth-order valence-electron chi connectivity index (χ4n) is 4.02. The summed E-state index contributed by atoms with van der Waals surface area (Å²) in [4.78, 5) is 4.33. The van der Waals surface area contributed by atoms with Gasteiger partial charge in [-0.3, -0.25) is 5.10 Å². The molecule has 29 heavy (non-hydrogen) atoms. The van der Waals surface area contributed by atoms with Crippen molar-refractivity contribution in [3.05, 3.63) is 88.9 Å². The van der Waals surface area contributed by atoms with Gasteiger partial charge in [0.1, 0.15) is 5.75 Å². The van der Waals surface area contributed by atoms with Crippen LogP contribution in [0, 0.1) is 6.92 Å². The Labute approximate surface area is 168 Å². The van der Waals surface area contributed by atoms with E-state index in [1.54, 1.807) is 14.0 Å². The van der Waals surface area contributed by atoms with Gasteiger partial charge in [-0.05, 0) is 30.2 Å². The number of methoxy groups -OCH3 is 1. The number of aromatic amines is 1. The number of nitrogens with zero attached hydrogens (tertiary/aromatic N) is 3. The fraction of sp³-hybridized carbons (Fsp3) is 0.174. The molecule has 0 saturated heterocycles. The summed E-state index contributed by atoms with van der Waals surface area (Å²) in [6.45, 7) is 1.80. The Kier molecular flexibility index (Phi) is 4.05. The van der Waals surface area contributed by atoms with Gasteiger partial charge in [0, 0.05) is 23.1 Å². The summed E-state index contributed by atoms with van der Waals surface area (Å²) in [5, 5.41) is 11.6. The summed E-state index contributed by atoms with van der Waals surface area (Å²) in [5.74, 6) is 1.86. The Hall–Kier alpha value is -3.67. The monoisotopic (exact) mass is 384 g/mol. The largest absolute Gasteiger partial charge is 0.497 e. The van der Waals surface area contributed by atoms with E-state index < -0.39 is 0 Å². The van der Waals surface area contributed by atoms with Gasteiger partial charge in [0.15, 0.2) is 11.5 Å². The van der Waals surface area contributed by atoms with Crippen molar-refractivity contribution in [2.24, 2.45) is 0 Å². The molecule has 6 heteroatoms. The molecule has 0 fully saturated rings. The minimum Gasteiger partial charge on any atom is -0.497 e. The summed E-state index contributed by atoms with van der Waals surface area (Å²) < 4.78 is 10.8. The van der Waals surface area contributed by atoms with E-state index in [2.05, 4.69) is 68.9 Å². The molecule has 144 valence electrons. The molecular weight excluding hydrogens is 364 g/mol. The van der Waals surface area contributed by atoms with Crippen molar-refractivity contribution in [3.8, 4) is 17.3 Å². The first kappa shape index (κ1) is 17.4. The number of hydrogen-bond donors (Lipinski definition) is 1. The molecular formula is C23H20N4O2. The summed E-state index contributed by atoms with van der Waals surface area (Å²) in [7, 11) is 1.69. The molecule has 1 N–H and O–H groups in total. The molecule has 4 aromatic rings. The Morgan fingerprint density at radius 3 is 2.66 bits per heavy atom. The Morgan fingerprint density at radius 2 is 1.90 bits per heavy atom. The van der Waals surface area contributed by atoms with E-state index in [4.69, 9.17) is 9.26 Å². The standard InChI is InChI=1S/C23H20N4O2/c1-15-24-22(29-27-15)21-19-11-12-23(14-20(19)25-26-21,16-7-4-3-5-8-16)17-9-6-10-18(13-17)28-2/h3-13H,14H2,1-2H3,(H,25,26). The summed E-state index contributed by atoms with van der Waals surface area (Å²) in [5.41, 5.74) is 4.74. The van der Waals surface area contributed by atoms with Crippen LogP contribution < -0.4 is 4.74 Å². The van der Waals surface area contributed by atoms with E-state index in [-0.39, 0.29) is 5.41 Å². The molecule has 5 rings (SSSR count). The second kappa shape index (κ2) is 6.74. The van der Waals surface area contributed by atoms with Crippen molar-refractivity contribution in [3.63, 3.8) is 0 Å². The van der Waals surface area contributed by atoms with Crippen LogP contribution in [0.15, 0.2) is 65.2 Å². The molecule has 0 spiro atoms. The highest BCUT2D eigenvalue weighted by atomic mass is 16.5. The van der Waals surface area contributed by atoms with E-state index in [1.807, 2.05) is 18.2 Å². The minimum atomic E-state index is -0.336. The quantitative estimate of drug-likeness (QED) is 0.567. The van der Waals surface area contributed by atoms with Crippen LogP contribution in [0.4, 0.5) is 0 Å². The van der Waals surface area contributed by atoms with Crippen LogP contribution in [0.25, 0.3) is 17.7 Å². The molecule has 2 aromatic carbocycles. The molecule has 2 aromatic heterocycles. The van der Waals surface area contributed by atoms with Gasteiger partial charge in [-0.2, -0.15) is 10.1 Å². The minimum absolute atomic E-state index is 0.336. The van der Waals surface area contributed by atoms with Crippen molar-refractivity contribution in [1.29, 1.82) is 0 Å². The van der Waals surface area contributed by atoms with Gasteiger partial charge in [-0.25, -0.2) is 0 Å². The van der Waals surface area contributed by atoms with Gasteiger partial charge in [0.05, 0.1) is 7.11 Å². The predicted octanol–water partition coefficient (Wildman–Crippen LogP) is 4.33. The van der Waals surface area contributed by atoms with Crippen LogP contribution in [-0.4, -0.2) is 27.4 Å². The van der Waals surface area contributed by atoms with E-state index in [0.29, 0.717) is 17.4 Å². The number of nitrogens with one attached hydrogen (secondary N) is 1. The smallest absolute Gasteiger partial charge is 0.279 e. The zero-order chi connectivity index (χ0) is 19.8. The first-order chi connectivity index (χ1) is 14.2. The zero-order valence-electron chi connectivity index (χ0n) is 16.2. The van der Waals surface area contributed by atoms with Crippen molar-refractivity contribution in [2.75, 3.05) is 7.11 Å². The number of benzene rings is 2. The fourth-order valence-corrected chi connectivity index (χ4v) is 4.02. The molecule has 0 radical (unpaired) electrons. The summed E-state index contributed by atoms with van der Waals surface area (Å²) in [6.07, 6.45) is 5.07. The highest BCUT2D eigenvalue weighted by Crippen LogP contribution is 2.43. The van der Waals surface area contributed by atoms with Gasteiger partial charge < -0.3 is 9.26 Å². The molecule has 0 bridgehead atoms. The molecule has 1 atom stereocenters. The highest BCUT2D eigenvalue weighted by Gasteiger charge is 2.37. The lowest BCUT2D eigenvalue weighted by atomic mass is 9.68. The Bertz CT molecular complexity index is 1190. The van der Waals surface area contributed by atoms with Gasteiger partial charge in [-0.15, -0.1) is 0 Å². The number of H-pyrrole nitrogens is 1. The Morgan fingerprint density at radius 1 is 1.07 bits per heavy atom. The number of allylic oxidation sites excluding steroid dienone is 1. The van der Waals surface area contributed by atoms with E-state index >= 15 is 0 Å². The third kappa shape index (κ3) is 2.84. The molecule has 1 aliphatic carbocycles. The number of hydrogen-bond acceptors (Lipinski definition) is 5. The van der Waals surface area contributed by atoms with Crippen LogP contribution in [0.3, 0.4) is 0 Å². The Balaban J connectivity index is 1.66. The zero-order valence-corrected chi connectivity index (χ0v) is 16.2. The number of fused-ring (bicyclic) bond motifs is 1. The van der Waals surface area contributed by atoms with Gasteiger partial charge >= 0.3 is 0 Å². The van der Waals surface area contributed by atoms with E-state index in [0.717, 1.165) is 29.0 Å². The molecule has 0 aliphatic heterocycles. The number of aryl methyl sites for hydroxylation is 1. The second-order valence-electron chi connectivity index (χ2n) is 7.19. The molecule has 1 aliphatic rings. The molecule has 6 nitrogen and oxygen atoms in total. The van der Waals surface area contributed by atoms with Crippen LogP contribution in [-0.2, 0) is 11.8 Å². The molecule has 1 unspecified atom stereocenters. The number of rotatable bonds is 4. The van der Waals surface area contributed by atoms with Crippen molar-refractivity contribution >= 4 is 6.08 Å². The molecule has 0 amide bonds. The SMILES string of the molecule is COc1cccc(C2(c3ccccc3)C=Cc3c(-c4nc(C)no4)n[nH]c3C2)c1. The van der Waals surface area contributed by atoms with Gasteiger partial charge in [0.2, 0.25) is 0 Å². The second-order valence-corrected chi connectivity index (χ2v) is 7.19. The summed E-state index contributed by atoms with van der Waals surface area (Å²) in [6, 6.07) is 18.7. The summed E-state index contributed by atoms with van der Waals surface area (Å²) >= 11 is 0. The van der Waals surface area contributed by atoms with Crippen LogP contribution >= 0.6 is 0 Å². The average Bonchev–Trinajstić information content (AvgIpc) is 3.39. The topological polar surface area (TPSA) is 76.8 Å². The van der Waals surface area contributed by atoms with E-state index in [1.165, 1.54) is 5.56 Å². The first-order valence-electron chi connectivity index (χ1n) is 9.47. The van der Waals surface area contributed by atoms with Crippen molar-refractivity contribution in [1.82, 2.24) is 20.3 Å². The van der Waals surface area contributed by atoms with Crippen molar-refractivity contribution in [2.45, 2.75) is 18.8 Å². The lowest BCUT2D eigenvalue weighted by Gasteiger charge is -2.34. The van der Waals surface area contributed by atoms with Gasteiger partial charge in [-0.1, -0.05) is 59.8 Å². The predicted molar refractivity (Wildman–Crippen MR) is 110 cm³/mol. The lowest BCUT2D eigenvalue weighted by Crippen LogP contribution is -2.30. The first-order valence-corrected chi connectivity index (χ1v) is 9.47. The van der Waals surface area contributed by atoms with Crippen LogP contribution in [0.1, 0.15) is 28.2 Å². The normalized spacial score (nSPS) is 17.9. The maximum atomic E-state index is 5.49. The number of ether oxygens (including phenoxy) is 1. The van der Waals surface area contributed by atoms with Crippen LogP contribution in [0.2, 0.25) is 0 Å². The lowest BCUT2D eigenvalue weighted by molar-refractivity contribution is 0.413. The maximum absolute atomic E-state index is 5.49.